The molecule has 2 aromatic rings. The Morgan fingerprint density at radius 2 is 1.88 bits per heavy atom. The number of carbonyl (C=O) groups excluding carboxylic acids is 1. The zero-order chi connectivity index (χ0) is 24.4. The summed E-state index contributed by atoms with van der Waals surface area (Å²) in [5, 5.41) is 5.56. The molecule has 0 aliphatic carbocycles. The maximum atomic E-state index is 12.5. The molecule has 0 spiro atoms. The van der Waals surface area contributed by atoms with Crippen LogP contribution < -0.4 is 15.5 Å². The molecular formula is C23H33N5O4S. The van der Waals surface area contributed by atoms with Gasteiger partial charge in [-0.3, -0.25) is 0 Å². The number of benzene rings is 1. The van der Waals surface area contributed by atoms with Crippen LogP contribution in [0.1, 0.15) is 40.3 Å². The molecule has 2 heterocycles. The second-order valence-corrected chi connectivity index (χ2v) is 11.7. The number of morpholine rings is 1. The minimum atomic E-state index is -3.43. The number of sulfone groups is 1. The van der Waals surface area contributed by atoms with Gasteiger partial charge in [0, 0.05) is 36.2 Å². The molecule has 1 saturated heterocycles. The fourth-order valence-corrected chi connectivity index (χ4v) is 3.89. The predicted octanol–water partition coefficient (Wildman–Crippen LogP) is 3.18. The third-order valence-corrected chi connectivity index (χ3v) is 7.80. The monoisotopic (exact) mass is 475 g/mol. The third-order valence-electron chi connectivity index (χ3n) is 5.74. The fraction of sp³-hybridized carbons (Fsp3) is 0.522. The Morgan fingerprint density at radius 3 is 2.45 bits per heavy atom. The topological polar surface area (TPSA) is 114 Å². The molecule has 0 bridgehead atoms. The van der Waals surface area contributed by atoms with Gasteiger partial charge in [0.1, 0.15) is 10.6 Å². The van der Waals surface area contributed by atoms with E-state index in [1.54, 1.807) is 32.0 Å². The van der Waals surface area contributed by atoms with Crippen molar-refractivity contribution >= 4 is 27.4 Å². The van der Waals surface area contributed by atoms with Gasteiger partial charge in [-0.25, -0.2) is 23.2 Å². The molecule has 9 nitrogen and oxygen atoms in total. The molecule has 0 radical (unpaired) electrons. The molecule has 1 aromatic carbocycles. The van der Waals surface area contributed by atoms with Crippen LogP contribution >= 0.6 is 0 Å². The van der Waals surface area contributed by atoms with Crippen molar-refractivity contribution in [3.8, 4) is 11.4 Å². The highest BCUT2D eigenvalue weighted by atomic mass is 32.2. The van der Waals surface area contributed by atoms with Gasteiger partial charge < -0.3 is 20.3 Å². The van der Waals surface area contributed by atoms with E-state index in [0.717, 1.165) is 5.56 Å². The van der Waals surface area contributed by atoms with E-state index in [4.69, 9.17) is 9.72 Å². The minimum Gasteiger partial charge on any atom is -0.377 e. The van der Waals surface area contributed by atoms with Crippen LogP contribution in [0.15, 0.2) is 30.3 Å². The maximum Gasteiger partial charge on any atom is 0.319 e. The van der Waals surface area contributed by atoms with E-state index in [1.807, 2.05) is 32.9 Å². The van der Waals surface area contributed by atoms with Crippen molar-refractivity contribution in [2.24, 2.45) is 0 Å². The molecule has 0 saturated carbocycles. The molecule has 2 N–H and O–H groups in total. The van der Waals surface area contributed by atoms with E-state index in [0.29, 0.717) is 42.8 Å². The van der Waals surface area contributed by atoms with Gasteiger partial charge in [0.25, 0.3) is 0 Å². The number of nitrogens with one attached hydrogen (secondary N) is 2. The average Bonchev–Trinajstić information content (AvgIpc) is 2.73. The van der Waals surface area contributed by atoms with Gasteiger partial charge in [0.05, 0.1) is 24.9 Å². The van der Waals surface area contributed by atoms with Crippen molar-refractivity contribution in [1.82, 2.24) is 15.3 Å². The third kappa shape index (κ3) is 5.80. The van der Waals surface area contributed by atoms with Crippen LogP contribution in [0.2, 0.25) is 0 Å². The van der Waals surface area contributed by atoms with Crippen LogP contribution in [0.3, 0.4) is 0 Å². The molecule has 10 heteroatoms. The number of carbonyl (C=O) groups is 1. The number of aromatic nitrogens is 2. The summed E-state index contributed by atoms with van der Waals surface area (Å²) in [6, 6.07) is 8.76. The van der Waals surface area contributed by atoms with Crippen molar-refractivity contribution < 1.29 is 17.9 Å². The van der Waals surface area contributed by atoms with E-state index >= 15 is 0 Å². The van der Waals surface area contributed by atoms with Crippen LogP contribution in [0.4, 0.5) is 16.3 Å². The number of rotatable bonds is 6. The van der Waals surface area contributed by atoms with Crippen LogP contribution in [0, 0.1) is 0 Å². The second-order valence-electron chi connectivity index (χ2n) is 9.17. The first kappa shape index (κ1) is 24.9. The molecule has 3 rings (SSSR count). The Morgan fingerprint density at radius 1 is 1.21 bits per heavy atom. The Balaban J connectivity index is 2.01. The van der Waals surface area contributed by atoms with Gasteiger partial charge in [0.2, 0.25) is 0 Å². The Bertz CT molecular complexity index is 1100. The summed E-state index contributed by atoms with van der Waals surface area (Å²) in [5.41, 5.74) is 1.78. The summed E-state index contributed by atoms with van der Waals surface area (Å²) >= 11 is 0. The highest BCUT2D eigenvalue weighted by molar-refractivity contribution is 7.91. The fourth-order valence-electron chi connectivity index (χ4n) is 3.41. The molecule has 0 unspecified atom stereocenters. The number of hydrogen-bond donors (Lipinski definition) is 2. The molecule has 1 fully saturated rings. The zero-order valence-electron chi connectivity index (χ0n) is 20.0. The largest absolute Gasteiger partial charge is 0.377 e. The molecule has 2 amide bonds. The van der Waals surface area contributed by atoms with Crippen molar-refractivity contribution in [1.29, 1.82) is 0 Å². The quantitative estimate of drug-likeness (QED) is 0.660. The normalized spacial score (nSPS) is 17.2. The van der Waals surface area contributed by atoms with Gasteiger partial charge >= 0.3 is 6.03 Å². The standard InChI is InChI=1S/C23H33N5O4S/c1-15(2)24-22(29)25-18-9-7-17(8-10-18)21-26-19(23(4,5)33(6,30)31)13-20(27-21)28-11-12-32-14-16(28)3/h7-10,13,15-16H,11-12,14H2,1-6H3,(H2,24,25,29)/t16-/m0/s1. The van der Waals surface area contributed by atoms with Crippen molar-refractivity contribution in [2.75, 3.05) is 36.2 Å². The number of urea groups is 1. The van der Waals surface area contributed by atoms with Crippen LogP contribution in [-0.2, 0) is 19.3 Å². The lowest BCUT2D eigenvalue weighted by atomic mass is 10.1. The predicted molar refractivity (Wildman–Crippen MR) is 130 cm³/mol. The summed E-state index contributed by atoms with van der Waals surface area (Å²) in [7, 11) is -3.43. The Labute approximate surface area is 195 Å². The summed E-state index contributed by atoms with van der Waals surface area (Å²) in [5.74, 6) is 1.09. The van der Waals surface area contributed by atoms with E-state index < -0.39 is 14.6 Å². The summed E-state index contributed by atoms with van der Waals surface area (Å²) in [4.78, 5) is 23.5. The van der Waals surface area contributed by atoms with E-state index in [9.17, 15) is 13.2 Å². The van der Waals surface area contributed by atoms with Gasteiger partial charge in [0.15, 0.2) is 15.7 Å². The lowest BCUT2D eigenvalue weighted by Crippen LogP contribution is -2.44. The van der Waals surface area contributed by atoms with Crippen molar-refractivity contribution in [3.05, 3.63) is 36.0 Å². The molecule has 33 heavy (non-hydrogen) atoms. The summed E-state index contributed by atoms with van der Waals surface area (Å²) in [6.45, 7) is 10.9. The van der Waals surface area contributed by atoms with Crippen LogP contribution in [0.5, 0.6) is 0 Å². The van der Waals surface area contributed by atoms with Crippen molar-refractivity contribution in [2.45, 2.75) is 51.4 Å². The Kier molecular flexibility index (Phi) is 7.28. The SMILES string of the molecule is CC(C)NC(=O)Nc1ccc(-c2nc(N3CCOC[C@@H]3C)cc(C(C)(C)S(C)(=O)=O)n2)cc1. The zero-order valence-corrected chi connectivity index (χ0v) is 20.9. The highest BCUT2D eigenvalue weighted by Gasteiger charge is 2.35. The number of hydrogen-bond acceptors (Lipinski definition) is 7. The maximum absolute atomic E-state index is 12.5. The van der Waals surface area contributed by atoms with E-state index in [-0.39, 0.29) is 18.1 Å². The van der Waals surface area contributed by atoms with E-state index in [1.165, 1.54) is 6.26 Å². The summed E-state index contributed by atoms with van der Waals surface area (Å²) in [6.07, 6.45) is 1.22. The Hall–Kier alpha value is -2.72. The average molecular weight is 476 g/mol. The smallest absolute Gasteiger partial charge is 0.319 e. The van der Waals surface area contributed by atoms with Gasteiger partial charge in [-0.1, -0.05) is 0 Å². The number of amides is 2. The molecule has 1 atom stereocenters. The van der Waals surface area contributed by atoms with Crippen LogP contribution in [-0.4, -0.2) is 62.5 Å². The molecular weight excluding hydrogens is 442 g/mol. The molecule has 1 aliphatic rings. The second kappa shape index (κ2) is 9.64. The summed E-state index contributed by atoms with van der Waals surface area (Å²) < 4.78 is 29.4. The molecule has 1 aliphatic heterocycles. The number of nitrogens with zero attached hydrogens (tertiary/aromatic N) is 3. The first-order valence-electron chi connectivity index (χ1n) is 11.0. The lowest BCUT2D eigenvalue weighted by Gasteiger charge is -2.35. The van der Waals surface area contributed by atoms with Crippen molar-refractivity contribution in [3.63, 3.8) is 0 Å². The van der Waals surface area contributed by atoms with Gasteiger partial charge in [-0.2, -0.15) is 0 Å². The van der Waals surface area contributed by atoms with Gasteiger partial charge in [-0.05, 0) is 58.9 Å². The number of ether oxygens (including phenoxy) is 1. The minimum absolute atomic E-state index is 0.0274. The van der Waals surface area contributed by atoms with Crippen LogP contribution in [0.25, 0.3) is 11.4 Å². The first-order valence-corrected chi connectivity index (χ1v) is 12.9. The molecule has 1 aromatic heterocycles. The molecule has 180 valence electrons. The lowest BCUT2D eigenvalue weighted by molar-refractivity contribution is 0.0985. The van der Waals surface area contributed by atoms with Gasteiger partial charge in [-0.15, -0.1) is 0 Å². The highest BCUT2D eigenvalue weighted by Crippen LogP contribution is 2.32. The van der Waals surface area contributed by atoms with E-state index in [2.05, 4.69) is 20.5 Å². The number of anilines is 2. The first-order chi connectivity index (χ1) is 15.4.